The van der Waals surface area contributed by atoms with Crippen molar-refractivity contribution in [2.45, 2.75) is 38.1 Å². The van der Waals surface area contributed by atoms with Gasteiger partial charge in [-0.25, -0.2) is 4.98 Å². The highest BCUT2D eigenvalue weighted by Gasteiger charge is 2.36. The molecule has 5 heteroatoms. The Morgan fingerprint density at radius 3 is 2.67 bits per heavy atom. The normalized spacial score (nSPS) is 18.3. The molecule has 1 amide bonds. The number of carbonyl (C=O) groups excluding carboxylic acids is 1. The number of rotatable bonds is 2. The topological polar surface area (TPSA) is 59.0 Å². The van der Waals surface area contributed by atoms with E-state index in [1.165, 1.54) is 12.8 Å². The van der Waals surface area contributed by atoms with E-state index in [0.717, 1.165) is 35.6 Å². The minimum Gasteiger partial charge on any atom is -0.292 e. The van der Waals surface area contributed by atoms with E-state index in [4.69, 9.17) is 4.98 Å². The van der Waals surface area contributed by atoms with E-state index in [1.807, 2.05) is 17.0 Å². The molecule has 3 heterocycles. The smallest absolute Gasteiger partial charge is 0.234 e. The highest BCUT2D eigenvalue weighted by Crippen LogP contribution is 2.34. The maximum absolute atomic E-state index is 12.3. The number of pyridine rings is 1. The van der Waals surface area contributed by atoms with Crippen LogP contribution in [-0.4, -0.2) is 26.9 Å². The van der Waals surface area contributed by atoms with Crippen LogP contribution in [0.1, 0.15) is 31.4 Å². The zero-order chi connectivity index (χ0) is 14.2. The van der Waals surface area contributed by atoms with Crippen molar-refractivity contribution in [3.63, 3.8) is 0 Å². The molecule has 1 saturated carbocycles. The van der Waals surface area contributed by atoms with Crippen molar-refractivity contribution in [3.8, 4) is 11.3 Å². The monoisotopic (exact) mass is 280 g/mol. The third-order valence-electron chi connectivity index (χ3n) is 4.31. The minimum atomic E-state index is 0.142. The summed E-state index contributed by atoms with van der Waals surface area (Å²) in [4.78, 5) is 27.4. The molecule has 1 aliphatic carbocycles. The van der Waals surface area contributed by atoms with Gasteiger partial charge in [-0.2, -0.15) is 0 Å². The summed E-state index contributed by atoms with van der Waals surface area (Å²) in [5.74, 6) is 0.907. The van der Waals surface area contributed by atoms with Crippen molar-refractivity contribution in [2.24, 2.45) is 0 Å². The Kier molecular flexibility index (Phi) is 2.91. The van der Waals surface area contributed by atoms with Crippen LogP contribution < -0.4 is 4.90 Å². The van der Waals surface area contributed by atoms with E-state index >= 15 is 0 Å². The van der Waals surface area contributed by atoms with Gasteiger partial charge in [0, 0.05) is 24.0 Å². The van der Waals surface area contributed by atoms with E-state index in [1.54, 1.807) is 18.6 Å². The summed E-state index contributed by atoms with van der Waals surface area (Å²) in [6.45, 7) is 0. The molecule has 2 aromatic rings. The van der Waals surface area contributed by atoms with Gasteiger partial charge < -0.3 is 0 Å². The molecule has 21 heavy (non-hydrogen) atoms. The third kappa shape index (κ3) is 2.09. The maximum Gasteiger partial charge on any atom is 0.234 e. The summed E-state index contributed by atoms with van der Waals surface area (Å²) in [5.41, 5.74) is 2.59. The summed E-state index contributed by atoms with van der Waals surface area (Å²) in [6.07, 6.45) is 10.2. The SMILES string of the molecule is O=C1Cc2ncc(-c3ccncc3)nc2N1C1CCCC1. The van der Waals surface area contributed by atoms with Crippen LogP contribution in [0.5, 0.6) is 0 Å². The number of aromatic nitrogens is 3. The molecule has 106 valence electrons. The zero-order valence-electron chi connectivity index (χ0n) is 11.7. The van der Waals surface area contributed by atoms with Gasteiger partial charge in [-0.05, 0) is 25.0 Å². The highest BCUT2D eigenvalue weighted by atomic mass is 16.2. The quantitative estimate of drug-likeness (QED) is 0.847. The fourth-order valence-corrected chi connectivity index (χ4v) is 3.27. The van der Waals surface area contributed by atoms with Crippen LogP contribution in [0.3, 0.4) is 0 Å². The maximum atomic E-state index is 12.3. The van der Waals surface area contributed by atoms with Gasteiger partial charge in [0.25, 0.3) is 0 Å². The predicted octanol–water partition coefficient (Wildman–Crippen LogP) is 2.37. The van der Waals surface area contributed by atoms with Gasteiger partial charge in [-0.3, -0.25) is 19.7 Å². The van der Waals surface area contributed by atoms with Crippen molar-refractivity contribution in [3.05, 3.63) is 36.4 Å². The Morgan fingerprint density at radius 1 is 1.14 bits per heavy atom. The van der Waals surface area contributed by atoms with Crippen molar-refractivity contribution >= 4 is 11.7 Å². The Labute approximate surface area is 123 Å². The molecule has 0 unspecified atom stereocenters. The summed E-state index contributed by atoms with van der Waals surface area (Å²) >= 11 is 0. The molecular weight excluding hydrogens is 264 g/mol. The lowest BCUT2D eigenvalue weighted by Crippen LogP contribution is -2.36. The first-order chi connectivity index (χ1) is 10.3. The second-order valence-electron chi connectivity index (χ2n) is 5.64. The standard InChI is InChI=1S/C16H16N4O/c21-15-9-13-16(20(15)12-3-1-2-4-12)19-14(10-18-13)11-5-7-17-8-6-11/h5-8,10,12H,1-4,9H2. The number of carbonyl (C=O) groups is 1. The predicted molar refractivity (Wildman–Crippen MR) is 78.7 cm³/mol. The van der Waals surface area contributed by atoms with Crippen molar-refractivity contribution < 1.29 is 4.79 Å². The average molecular weight is 280 g/mol. The van der Waals surface area contributed by atoms with Crippen LogP contribution >= 0.6 is 0 Å². The molecule has 0 radical (unpaired) electrons. The average Bonchev–Trinajstić information content (AvgIpc) is 3.13. The summed E-state index contributed by atoms with van der Waals surface area (Å²) in [6, 6.07) is 4.13. The molecule has 2 aromatic heterocycles. The van der Waals surface area contributed by atoms with Crippen molar-refractivity contribution in [1.29, 1.82) is 0 Å². The molecule has 2 aliphatic rings. The molecule has 5 nitrogen and oxygen atoms in total. The lowest BCUT2D eigenvalue weighted by molar-refractivity contribution is -0.117. The van der Waals surface area contributed by atoms with Crippen molar-refractivity contribution in [1.82, 2.24) is 15.0 Å². The Morgan fingerprint density at radius 2 is 1.90 bits per heavy atom. The van der Waals surface area contributed by atoms with Gasteiger partial charge in [-0.1, -0.05) is 12.8 Å². The fraction of sp³-hybridized carbons (Fsp3) is 0.375. The molecule has 0 spiro atoms. The molecule has 0 aromatic carbocycles. The molecule has 0 bridgehead atoms. The second kappa shape index (κ2) is 4.91. The van der Waals surface area contributed by atoms with E-state index in [0.29, 0.717) is 12.5 Å². The largest absolute Gasteiger partial charge is 0.292 e. The molecule has 0 atom stereocenters. The number of anilines is 1. The van der Waals surface area contributed by atoms with Gasteiger partial charge >= 0.3 is 0 Å². The van der Waals surface area contributed by atoms with Crippen LogP contribution in [-0.2, 0) is 11.2 Å². The minimum absolute atomic E-state index is 0.142. The van der Waals surface area contributed by atoms with E-state index in [9.17, 15) is 4.79 Å². The number of nitrogens with zero attached hydrogens (tertiary/aromatic N) is 4. The number of fused-ring (bicyclic) bond motifs is 1. The lowest BCUT2D eigenvalue weighted by atomic mass is 10.2. The van der Waals surface area contributed by atoms with Gasteiger partial charge in [0.2, 0.25) is 5.91 Å². The Hall–Kier alpha value is -2.30. The number of hydrogen-bond donors (Lipinski definition) is 0. The number of hydrogen-bond acceptors (Lipinski definition) is 4. The first-order valence-electron chi connectivity index (χ1n) is 7.41. The summed E-state index contributed by atoms with van der Waals surface area (Å²) < 4.78 is 0. The first-order valence-corrected chi connectivity index (χ1v) is 7.41. The third-order valence-corrected chi connectivity index (χ3v) is 4.31. The van der Waals surface area contributed by atoms with Crippen molar-refractivity contribution in [2.75, 3.05) is 4.90 Å². The lowest BCUT2D eigenvalue weighted by Gasteiger charge is -2.23. The van der Waals surface area contributed by atoms with Crippen LogP contribution in [0.25, 0.3) is 11.3 Å². The Balaban J connectivity index is 1.75. The summed E-state index contributed by atoms with van der Waals surface area (Å²) in [7, 11) is 0. The fourth-order valence-electron chi connectivity index (χ4n) is 3.27. The molecule has 1 fully saturated rings. The Bertz CT molecular complexity index is 680. The van der Waals surface area contributed by atoms with Gasteiger partial charge in [0.05, 0.1) is 24.0 Å². The first kappa shape index (κ1) is 12.4. The summed E-state index contributed by atoms with van der Waals surface area (Å²) in [5, 5.41) is 0. The molecular formula is C16H16N4O. The number of amides is 1. The van der Waals surface area contributed by atoms with Gasteiger partial charge in [0.15, 0.2) is 5.82 Å². The molecule has 0 N–H and O–H groups in total. The van der Waals surface area contributed by atoms with Gasteiger partial charge in [-0.15, -0.1) is 0 Å². The zero-order valence-corrected chi connectivity index (χ0v) is 11.7. The van der Waals surface area contributed by atoms with Crippen LogP contribution in [0.15, 0.2) is 30.7 Å². The van der Waals surface area contributed by atoms with Crippen LogP contribution in [0.4, 0.5) is 5.82 Å². The molecule has 4 rings (SSSR count). The highest BCUT2D eigenvalue weighted by molar-refractivity contribution is 6.00. The van der Waals surface area contributed by atoms with Crippen LogP contribution in [0.2, 0.25) is 0 Å². The molecule has 1 aliphatic heterocycles. The van der Waals surface area contributed by atoms with Gasteiger partial charge in [0.1, 0.15) is 0 Å². The second-order valence-corrected chi connectivity index (χ2v) is 5.64. The van der Waals surface area contributed by atoms with E-state index in [2.05, 4.69) is 9.97 Å². The van der Waals surface area contributed by atoms with E-state index < -0.39 is 0 Å². The van der Waals surface area contributed by atoms with Crippen LogP contribution in [0, 0.1) is 0 Å². The molecule has 0 saturated heterocycles. The van der Waals surface area contributed by atoms with E-state index in [-0.39, 0.29) is 5.91 Å².